The van der Waals surface area contributed by atoms with E-state index in [0.29, 0.717) is 18.1 Å². The maximum Gasteiger partial charge on any atom is 0.244 e. The summed E-state index contributed by atoms with van der Waals surface area (Å²) >= 11 is 0. The van der Waals surface area contributed by atoms with E-state index >= 15 is 0 Å². The lowest BCUT2D eigenvalue weighted by Crippen LogP contribution is -2.09. The summed E-state index contributed by atoms with van der Waals surface area (Å²) in [4.78, 5) is 8.42. The number of nitrogens with zero attached hydrogens (tertiary/aromatic N) is 3. The summed E-state index contributed by atoms with van der Waals surface area (Å²) in [5, 5.41) is 3.97. The summed E-state index contributed by atoms with van der Waals surface area (Å²) in [6, 6.07) is 1.59. The molecule has 2 rings (SSSR count). The third kappa shape index (κ3) is 2.46. The Kier molecular flexibility index (Phi) is 3.84. The zero-order valence-corrected chi connectivity index (χ0v) is 10.3. The van der Waals surface area contributed by atoms with Crippen LogP contribution in [-0.4, -0.2) is 15.1 Å². The van der Waals surface area contributed by atoms with Crippen molar-refractivity contribution in [2.24, 2.45) is 5.73 Å². The van der Waals surface area contributed by atoms with Gasteiger partial charge in [-0.15, -0.1) is 6.58 Å². The number of nitrogens with two attached hydrogens (primary N) is 1. The summed E-state index contributed by atoms with van der Waals surface area (Å²) in [5.74, 6) is 0.993. The van der Waals surface area contributed by atoms with E-state index in [1.165, 1.54) is 0 Å². The van der Waals surface area contributed by atoms with E-state index in [-0.39, 0.29) is 6.04 Å². The van der Waals surface area contributed by atoms with Crippen LogP contribution in [0.15, 0.2) is 35.6 Å². The molecule has 5 heteroatoms. The third-order valence-corrected chi connectivity index (χ3v) is 2.70. The fourth-order valence-electron chi connectivity index (χ4n) is 1.70. The molecule has 5 nitrogen and oxygen atoms in total. The molecule has 0 aliphatic rings. The van der Waals surface area contributed by atoms with Gasteiger partial charge >= 0.3 is 0 Å². The zero-order valence-electron chi connectivity index (χ0n) is 10.3. The van der Waals surface area contributed by atoms with E-state index in [0.717, 1.165) is 17.5 Å². The number of aromatic nitrogens is 3. The Morgan fingerprint density at radius 2 is 2.39 bits per heavy atom. The van der Waals surface area contributed by atoms with Gasteiger partial charge in [-0.25, -0.2) is 0 Å². The molecule has 2 aromatic heterocycles. The van der Waals surface area contributed by atoms with Crippen LogP contribution in [0.2, 0.25) is 0 Å². The molecule has 0 bridgehead atoms. The van der Waals surface area contributed by atoms with Gasteiger partial charge < -0.3 is 10.3 Å². The van der Waals surface area contributed by atoms with Gasteiger partial charge in [-0.05, 0) is 24.5 Å². The number of aryl methyl sites for hydroxylation is 1. The first kappa shape index (κ1) is 12.4. The lowest BCUT2D eigenvalue weighted by Gasteiger charge is -2.02. The highest BCUT2D eigenvalue weighted by Gasteiger charge is 2.15. The Bertz CT molecular complexity index is 535. The van der Waals surface area contributed by atoms with Gasteiger partial charge in [0.15, 0.2) is 0 Å². The van der Waals surface area contributed by atoms with Gasteiger partial charge in [0, 0.05) is 18.0 Å². The molecule has 0 fully saturated rings. The molecule has 0 saturated heterocycles. The first-order valence-electron chi connectivity index (χ1n) is 5.89. The van der Waals surface area contributed by atoms with E-state index < -0.39 is 0 Å². The normalized spacial score (nSPS) is 12.3. The predicted molar refractivity (Wildman–Crippen MR) is 68.6 cm³/mol. The second kappa shape index (κ2) is 5.55. The SMILES string of the molecule is C=CCC(N)c1nc(-c2ccncc2CC)no1. The van der Waals surface area contributed by atoms with Crippen molar-refractivity contribution in [2.75, 3.05) is 0 Å². The van der Waals surface area contributed by atoms with Crippen molar-refractivity contribution in [3.05, 3.63) is 42.6 Å². The summed E-state index contributed by atoms with van der Waals surface area (Å²) in [6.45, 7) is 5.70. The second-order valence-corrected chi connectivity index (χ2v) is 3.97. The fraction of sp³-hybridized carbons (Fsp3) is 0.308. The predicted octanol–water partition coefficient (Wildman–Crippen LogP) is 2.27. The van der Waals surface area contributed by atoms with E-state index in [1.807, 2.05) is 12.3 Å². The molecule has 94 valence electrons. The molecule has 1 unspecified atom stereocenters. The molecule has 0 aromatic carbocycles. The highest BCUT2D eigenvalue weighted by atomic mass is 16.5. The molecule has 18 heavy (non-hydrogen) atoms. The zero-order chi connectivity index (χ0) is 13.0. The van der Waals surface area contributed by atoms with Gasteiger partial charge in [-0.3, -0.25) is 4.98 Å². The van der Waals surface area contributed by atoms with Crippen LogP contribution in [0, 0.1) is 0 Å². The molecular weight excluding hydrogens is 228 g/mol. The van der Waals surface area contributed by atoms with Gasteiger partial charge in [-0.1, -0.05) is 18.2 Å². The van der Waals surface area contributed by atoms with Gasteiger partial charge in [0.1, 0.15) is 0 Å². The van der Waals surface area contributed by atoms with Crippen LogP contribution in [0.4, 0.5) is 0 Å². The monoisotopic (exact) mass is 244 g/mol. The van der Waals surface area contributed by atoms with Crippen LogP contribution in [0.1, 0.15) is 30.8 Å². The van der Waals surface area contributed by atoms with Crippen molar-refractivity contribution in [3.63, 3.8) is 0 Å². The number of hydrogen-bond donors (Lipinski definition) is 1. The van der Waals surface area contributed by atoms with E-state index in [9.17, 15) is 0 Å². The number of hydrogen-bond acceptors (Lipinski definition) is 5. The standard InChI is InChI=1S/C13H16N4O/c1-3-5-11(14)13-16-12(17-18-13)10-6-7-15-8-9(10)4-2/h3,6-8,11H,1,4-5,14H2,2H3. The smallest absolute Gasteiger partial charge is 0.244 e. The van der Waals surface area contributed by atoms with Crippen molar-refractivity contribution < 1.29 is 4.52 Å². The van der Waals surface area contributed by atoms with Crippen LogP contribution in [0.25, 0.3) is 11.4 Å². The fourth-order valence-corrected chi connectivity index (χ4v) is 1.70. The molecule has 2 aromatic rings. The Balaban J connectivity index is 2.32. The molecule has 0 amide bonds. The Labute approximate surface area is 106 Å². The molecule has 0 aliphatic heterocycles. The molecular formula is C13H16N4O. The minimum atomic E-state index is -0.296. The minimum absolute atomic E-state index is 0.296. The molecule has 2 N–H and O–H groups in total. The first-order chi connectivity index (χ1) is 8.76. The maximum absolute atomic E-state index is 5.89. The summed E-state index contributed by atoms with van der Waals surface area (Å²) in [6.07, 6.45) is 6.74. The second-order valence-electron chi connectivity index (χ2n) is 3.97. The molecule has 0 radical (unpaired) electrons. The highest BCUT2D eigenvalue weighted by Crippen LogP contribution is 2.22. The van der Waals surface area contributed by atoms with Crippen molar-refractivity contribution in [1.29, 1.82) is 0 Å². The van der Waals surface area contributed by atoms with Crippen LogP contribution >= 0.6 is 0 Å². The Hall–Kier alpha value is -2.01. The lowest BCUT2D eigenvalue weighted by molar-refractivity contribution is 0.356. The summed E-state index contributed by atoms with van der Waals surface area (Å²) in [7, 11) is 0. The topological polar surface area (TPSA) is 77.8 Å². The minimum Gasteiger partial charge on any atom is -0.337 e. The van der Waals surface area contributed by atoms with Crippen LogP contribution in [-0.2, 0) is 6.42 Å². The molecule has 0 saturated carbocycles. The van der Waals surface area contributed by atoms with Gasteiger partial charge in [-0.2, -0.15) is 4.98 Å². The number of pyridine rings is 1. The van der Waals surface area contributed by atoms with Crippen molar-refractivity contribution in [1.82, 2.24) is 15.1 Å². The Morgan fingerprint density at radius 1 is 1.56 bits per heavy atom. The summed E-state index contributed by atoms with van der Waals surface area (Å²) in [5.41, 5.74) is 7.91. The van der Waals surface area contributed by atoms with Crippen molar-refractivity contribution in [3.8, 4) is 11.4 Å². The van der Waals surface area contributed by atoms with Crippen LogP contribution in [0.5, 0.6) is 0 Å². The van der Waals surface area contributed by atoms with E-state index in [4.69, 9.17) is 10.3 Å². The number of rotatable bonds is 5. The molecule has 2 heterocycles. The summed E-state index contributed by atoms with van der Waals surface area (Å²) < 4.78 is 5.18. The molecule has 0 spiro atoms. The quantitative estimate of drug-likeness (QED) is 0.816. The molecule has 0 aliphatic carbocycles. The van der Waals surface area contributed by atoms with Crippen molar-refractivity contribution in [2.45, 2.75) is 25.8 Å². The molecule has 1 atom stereocenters. The average molecular weight is 244 g/mol. The van der Waals surface area contributed by atoms with Gasteiger partial charge in [0.25, 0.3) is 0 Å². The van der Waals surface area contributed by atoms with Gasteiger partial charge in [0.05, 0.1) is 6.04 Å². The van der Waals surface area contributed by atoms with Crippen LogP contribution in [0.3, 0.4) is 0 Å². The maximum atomic E-state index is 5.89. The largest absolute Gasteiger partial charge is 0.337 e. The van der Waals surface area contributed by atoms with Crippen molar-refractivity contribution >= 4 is 0 Å². The Morgan fingerprint density at radius 3 is 3.11 bits per heavy atom. The third-order valence-electron chi connectivity index (χ3n) is 2.70. The highest BCUT2D eigenvalue weighted by molar-refractivity contribution is 5.58. The average Bonchev–Trinajstić information content (AvgIpc) is 2.88. The lowest BCUT2D eigenvalue weighted by atomic mass is 10.1. The van der Waals surface area contributed by atoms with E-state index in [2.05, 4.69) is 28.6 Å². The van der Waals surface area contributed by atoms with Gasteiger partial charge in [0.2, 0.25) is 11.7 Å². The first-order valence-corrected chi connectivity index (χ1v) is 5.89. The van der Waals surface area contributed by atoms with E-state index in [1.54, 1.807) is 12.3 Å². The van der Waals surface area contributed by atoms with Crippen LogP contribution < -0.4 is 5.73 Å².